The Labute approximate surface area is 146 Å². The van der Waals surface area contributed by atoms with E-state index in [0.29, 0.717) is 5.75 Å². The highest BCUT2D eigenvalue weighted by molar-refractivity contribution is 9.11. The van der Waals surface area contributed by atoms with Crippen LogP contribution in [0.1, 0.15) is 10.4 Å². The monoisotopic (exact) mass is 394 g/mol. The highest BCUT2D eigenvalue weighted by atomic mass is 79.9. The molecular formula is C16H15BrN2O3S. The van der Waals surface area contributed by atoms with Crippen LogP contribution in [0.4, 0.5) is 0 Å². The van der Waals surface area contributed by atoms with Crippen LogP contribution in [-0.4, -0.2) is 18.4 Å². The van der Waals surface area contributed by atoms with Crippen LogP contribution in [0.3, 0.4) is 0 Å². The normalized spacial score (nSPS) is 10.5. The number of carbonyl (C=O) groups excluding carboxylic acids is 2. The van der Waals surface area contributed by atoms with E-state index < -0.39 is 11.8 Å². The number of halogens is 1. The molecule has 2 N–H and O–H groups in total. The molecule has 0 aliphatic heterocycles. The van der Waals surface area contributed by atoms with Crippen molar-refractivity contribution in [3.8, 4) is 5.75 Å². The molecule has 0 aliphatic rings. The molecule has 2 aromatic rings. The standard InChI is InChI=1S/C16H15BrN2O3S/c1-11-4-2-3-5-13(11)22-10-16(21)19-18-15(20)9-7-12-6-8-14(17)23-12/h2-9H,10H2,1H3,(H,18,20)(H,19,21)/b9-7+. The van der Waals surface area contributed by atoms with Gasteiger partial charge in [-0.15, -0.1) is 11.3 Å². The number of hydrogen-bond donors (Lipinski definition) is 2. The number of thiophene rings is 1. The molecule has 5 nitrogen and oxygen atoms in total. The summed E-state index contributed by atoms with van der Waals surface area (Å²) in [6.45, 7) is 1.72. The zero-order valence-electron chi connectivity index (χ0n) is 12.3. The molecule has 2 amide bonds. The number of aryl methyl sites for hydroxylation is 1. The molecule has 0 radical (unpaired) electrons. The average Bonchev–Trinajstić information content (AvgIpc) is 2.95. The summed E-state index contributed by atoms with van der Waals surface area (Å²) in [5.41, 5.74) is 5.53. The minimum atomic E-state index is -0.436. The van der Waals surface area contributed by atoms with Gasteiger partial charge in [0.05, 0.1) is 3.79 Å². The zero-order valence-corrected chi connectivity index (χ0v) is 14.7. The fraction of sp³-hybridized carbons (Fsp3) is 0.125. The Morgan fingerprint density at radius 1 is 1.22 bits per heavy atom. The number of hydrazine groups is 1. The SMILES string of the molecule is Cc1ccccc1OCC(=O)NNC(=O)/C=C/c1ccc(Br)s1. The second-order valence-corrected chi connectivity index (χ2v) is 7.06. The van der Waals surface area contributed by atoms with Crippen LogP contribution in [0.2, 0.25) is 0 Å². The maximum Gasteiger partial charge on any atom is 0.276 e. The Balaban J connectivity index is 1.72. The lowest BCUT2D eigenvalue weighted by atomic mass is 10.2. The summed E-state index contributed by atoms with van der Waals surface area (Å²) in [6, 6.07) is 11.2. The van der Waals surface area contributed by atoms with E-state index in [1.54, 1.807) is 12.1 Å². The van der Waals surface area contributed by atoms with E-state index in [1.165, 1.54) is 17.4 Å². The van der Waals surface area contributed by atoms with E-state index in [0.717, 1.165) is 14.2 Å². The van der Waals surface area contributed by atoms with Crippen molar-refractivity contribution in [2.45, 2.75) is 6.92 Å². The molecule has 2 rings (SSSR count). The number of amides is 2. The fourth-order valence-corrected chi connectivity index (χ4v) is 2.97. The molecule has 0 bridgehead atoms. The Kier molecular flexibility index (Phi) is 6.37. The van der Waals surface area contributed by atoms with Gasteiger partial charge in [-0.1, -0.05) is 18.2 Å². The number of carbonyl (C=O) groups is 2. The van der Waals surface area contributed by atoms with Crippen LogP contribution in [0.15, 0.2) is 46.3 Å². The number of rotatable bonds is 5. The van der Waals surface area contributed by atoms with Gasteiger partial charge in [0, 0.05) is 11.0 Å². The summed E-state index contributed by atoms with van der Waals surface area (Å²) < 4.78 is 6.36. The third kappa shape index (κ3) is 5.88. The Hall–Kier alpha value is -2.12. The molecule has 0 unspecified atom stereocenters. The zero-order chi connectivity index (χ0) is 16.7. The van der Waals surface area contributed by atoms with Crippen LogP contribution < -0.4 is 15.6 Å². The van der Waals surface area contributed by atoms with Gasteiger partial charge in [-0.05, 0) is 52.7 Å². The quantitative estimate of drug-likeness (QED) is 0.604. The van der Waals surface area contributed by atoms with Crippen molar-refractivity contribution < 1.29 is 14.3 Å². The van der Waals surface area contributed by atoms with Gasteiger partial charge in [-0.2, -0.15) is 0 Å². The van der Waals surface area contributed by atoms with Gasteiger partial charge in [-0.25, -0.2) is 0 Å². The molecule has 0 fully saturated rings. The number of nitrogens with one attached hydrogen (secondary N) is 2. The van der Waals surface area contributed by atoms with Crippen molar-refractivity contribution in [1.29, 1.82) is 0 Å². The average molecular weight is 395 g/mol. The lowest BCUT2D eigenvalue weighted by Crippen LogP contribution is -2.43. The molecule has 1 aromatic carbocycles. The maximum absolute atomic E-state index is 11.6. The molecule has 1 aromatic heterocycles. The van der Waals surface area contributed by atoms with Crippen molar-refractivity contribution in [3.05, 3.63) is 56.7 Å². The molecule has 120 valence electrons. The minimum Gasteiger partial charge on any atom is -0.483 e. The predicted molar refractivity (Wildman–Crippen MR) is 94.0 cm³/mol. The number of ether oxygens (including phenoxy) is 1. The molecule has 0 aliphatic carbocycles. The van der Waals surface area contributed by atoms with Gasteiger partial charge >= 0.3 is 0 Å². The Morgan fingerprint density at radius 3 is 2.70 bits per heavy atom. The van der Waals surface area contributed by atoms with E-state index in [2.05, 4.69) is 26.8 Å². The summed E-state index contributed by atoms with van der Waals surface area (Å²) in [6.07, 6.45) is 3.02. The largest absolute Gasteiger partial charge is 0.483 e. The number of hydrogen-bond acceptors (Lipinski definition) is 4. The first kappa shape index (κ1) is 17.2. The lowest BCUT2D eigenvalue weighted by Gasteiger charge is -2.09. The van der Waals surface area contributed by atoms with Gasteiger partial charge < -0.3 is 4.74 Å². The van der Waals surface area contributed by atoms with E-state index in [9.17, 15) is 9.59 Å². The first-order valence-electron chi connectivity index (χ1n) is 6.75. The van der Waals surface area contributed by atoms with E-state index in [4.69, 9.17) is 4.74 Å². The van der Waals surface area contributed by atoms with Crippen LogP contribution in [-0.2, 0) is 9.59 Å². The number of benzene rings is 1. The van der Waals surface area contributed by atoms with Gasteiger partial charge in [0.2, 0.25) is 0 Å². The van der Waals surface area contributed by atoms with Crippen molar-refractivity contribution >= 4 is 45.2 Å². The first-order chi connectivity index (χ1) is 11.0. The number of para-hydroxylation sites is 1. The molecule has 0 saturated carbocycles. The lowest BCUT2D eigenvalue weighted by molar-refractivity contribution is -0.128. The smallest absolute Gasteiger partial charge is 0.276 e. The van der Waals surface area contributed by atoms with Crippen LogP contribution in [0.25, 0.3) is 6.08 Å². The Bertz CT molecular complexity index is 728. The third-order valence-electron chi connectivity index (χ3n) is 2.77. The molecule has 0 saturated heterocycles. The summed E-state index contributed by atoms with van der Waals surface area (Å²) in [7, 11) is 0. The Morgan fingerprint density at radius 2 is 2.00 bits per heavy atom. The van der Waals surface area contributed by atoms with Gasteiger partial charge in [-0.3, -0.25) is 20.4 Å². The maximum atomic E-state index is 11.6. The molecule has 0 atom stereocenters. The van der Waals surface area contributed by atoms with Gasteiger partial charge in [0.25, 0.3) is 11.8 Å². The fourth-order valence-electron chi connectivity index (χ4n) is 1.65. The van der Waals surface area contributed by atoms with Crippen molar-refractivity contribution in [2.75, 3.05) is 6.61 Å². The van der Waals surface area contributed by atoms with Crippen LogP contribution >= 0.6 is 27.3 Å². The van der Waals surface area contributed by atoms with Crippen molar-refractivity contribution in [3.63, 3.8) is 0 Å². The van der Waals surface area contributed by atoms with Gasteiger partial charge in [0.15, 0.2) is 6.61 Å². The summed E-state index contributed by atoms with van der Waals surface area (Å²) in [4.78, 5) is 24.2. The minimum absolute atomic E-state index is 0.174. The van der Waals surface area contributed by atoms with E-state index >= 15 is 0 Å². The van der Waals surface area contributed by atoms with Crippen LogP contribution in [0.5, 0.6) is 5.75 Å². The molecule has 0 spiro atoms. The van der Waals surface area contributed by atoms with Gasteiger partial charge in [0.1, 0.15) is 5.75 Å². The highest BCUT2D eigenvalue weighted by Gasteiger charge is 2.05. The molecule has 23 heavy (non-hydrogen) atoms. The third-order valence-corrected chi connectivity index (χ3v) is 4.36. The molecule has 1 heterocycles. The second kappa shape index (κ2) is 8.50. The molecule has 7 heteroatoms. The van der Waals surface area contributed by atoms with Crippen molar-refractivity contribution in [1.82, 2.24) is 10.9 Å². The van der Waals surface area contributed by atoms with E-state index in [1.807, 2.05) is 37.3 Å². The first-order valence-corrected chi connectivity index (χ1v) is 8.36. The van der Waals surface area contributed by atoms with E-state index in [-0.39, 0.29) is 6.61 Å². The topological polar surface area (TPSA) is 67.4 Å². The predicted octanol–water partition coefficient (Wildman–Crippen LogP) is 3.06. The summed E-state index contributed by atoms with van der Waals surface area (Å²) in [5.74, 6) is -0.218. The van der Waals surface area contributed by atoms with Crippen molar-refractivity contribution in [2.24, 2.45) is 0 Å². The highest BCUT2D eigenvalue weighted by Crippen LogP contribution is 2.22. The molecular weight excluding hydrogens is 380 g/mol. The summed E-state index contributed by atoms with van der Waals surface area (Å²) >= 11 is 4.85. The van der Waals surface area contributed by atoms with Crippen LogP contribution in [0, 0.1) is 6.92 Å². The summed E-state index contributed by atoms with van der Waals surface area (Å²) in [5, 5.41) is 0. The second-order valence-electron chi connectivity index (χ2n) is 4.57.